The topological polar surface area (TPSA) is 12.0 Å². The van der Waals surface area contributed by atoms with Crippen molar-refractivity contribution in [2.45, 2.75) is 71.3 Å². The van der Waals surface area contributed by atoms with Gasteiger partial charge < -0.3 is 5.32 Å². The van der Waals surface area contributed by atoms with Gasteiger partial charge in [0.25, 0.3) is 0 Å². The molecule has 1 atom stereocenters. The zero-order valence-electron chi connectivity index (χ0n) is 13.0. The van der Waals surface area contributed by atoms with E-state index in [1.807, 2.05) is 0 Å². The van der Waals surface area contributed by atoms with Gasteiger partial charge in [-0.15, -0.1) is 0 Å². The lowest BCUT2D eigenvalue weighted by Crippen LogP contribution is -2.25. The van der Waals surface area contributed by atoms with Gasteiger partial charge in [0, 0.05) is 6.04 Å². The van der Waals surface area contributed by atoms with E-state index in [0.717, 1.165) is 0 Å². The Bertz CT molecular complexity index is 332. The Morgan fingerprint density at radius 1 is 1.00 bits per heavy atom. The third-order valence-electron chi connectivity index (χ3n) is 4.09. The summed E-state index contributed by atoms with van der Waals surface area (Å²) in [7, 11) is 2.11. The Balaban J connectivity index is 2.23. The van der Waals surface area contributed by atoms with Crippen molar-refractivity contribution in [3.05, 3.63) is 35.4 Å². The zero-order valence-corrected chi connectivity index (χ0v) is 13.0. The van der Waals surface area contributed by atoms with Gasteiger partial charge >= 0.3 is 0 Å². The molecule has 1 aromatic carbocycles. The predicted molar refractivity (Wildman–Crippen MR) is 85.7 cm³/mol. The number of benzene rings is 1. The first-order valence-electron chi connectivity index (χ1n) is 7.99. The summed E-state index contributed by atoms with van der Waals surface area (Å²) < 4.78 is 0. The SMILES string of the molecule is CCCCCCCC(CCc1ccccc1C)NC. The second kappa shape index (κ2) is 10.0. The van der Waals surface area contributed by atoms with Gasteiger partial charge in [-0.05, 0) is 44.4 Å². The zero-order chi connectivity index (χ0) is 13.9. The molecule has 0 spiro atoms. The van der Waals surface area contributed by atoms with E-state index in [2.05, 4.69) is 50.5 Å². The molecule has 1 nitrogen and oxygen atoms in total. The van der Waals surface area contributed by atoms with E-state index in [-0.39, 0.29) is 0 Å². The second-order valence-corrected chi connectivity index (χ2v) is 5.65. The van der Waals surface area contributed by atoms with Gasteiger partial charge in [0.05, 0.1) is 0 Å². The summed E-state index contributed by atoms with van der Waals surface area (Å²) in [5, 5.41) is 3.48. The number of unbranched alkanes of at least 4 members (excludes halogenated alkanes) is 4. The Labute approximate surface area is 119 Å². The molecule has 108 valence electrons. The van der Waals surface area contributed by atoms with Gasteiger partial charge in [-0.1, -0.05) is 63.3 Å². The third-order valence-corrected chi connectivity index (χ3v) is 4.09. The molecule has 0 amide bonds. The fraction of sp³-hybridized carbons (Fsp3) is 0.667. The third kappa shape index (κ3) is 6.77. The summed E-state index contributed by atoms with van der Waals surface area (Å²) >= 11 is 0. The minimum absolute atomic E-state index is 0.682. The lowest BCUT2D eigenvalue weighted by Gasteiger charge is -2.16. The van der Waals surface area contributed by atoms with Gasteiger partial charge in [0.1, 0.15) is 0 Å². The lowest BCUT2D eigenvalue weighted by molar-refractivity contribution is 0.459. The molecule has 1 N–H and O–H groups in total. The van der Waals surface area contributed by atoms with Crippen LogP contribution in [0, 0.1) is 6.92 Å². The first-order chi connectivity index (χ1) is 9.27. The van der Waals surface area contributed by atoms with Crippen LogP contribution in [0.15, 0.2) is 24.3 Å². The number of aryl methyl sites for hydroxylation is 2. The van der Waals surface area contributed by atoms with Crippen LogP contribution in [-0.4, -0.2) is 13.1 Å². The van der Waals surface area contributed by atoms with Crippen molar-refractivity contribution in [2.75, 3.05) is 7.05 Å². The molecule has 0 saturated heterocycles. The standard InChI is InChI=1S/C18H31N/c1-4-5-6-7-8-13-18(19-3)15-14-17-12-10-9-11-16(17)2/h9-12,18-19H,4-8,13-15H2,1-3H3. The van der Waals surface area contributed by atoms with Crippen molar-refractivity contribution >= 4 is 0 Å². The minimum atomic E-state index is 0.682. The summed E-state index contributed by atoms with van der Waals surface area (Å²) in [6, 6.07) is 9.45. The van der Waals surface area contributed by atoms with Crippen LogP contribution in [-0.2, 0) is 6.42 Å². The molecule has 0 aliphatic heterocycles. The Morgan fingerprint density at radius 3 is 2.42 bits per heavy atom. The first kappa shape index (κ1) is 16.2. The van der Waals surface area contributed by atoms with Gasteiger partial charge in [-0.3, -0.25) is 0 Å². The van der Waals surface area contributed by atoms with Crippen molar-refractivity contribution < 1.29 is 0 Å². The lowest BCUT2D eigenvalue weighted by atomic mass is 9.98. The molecule has 1 unspecified atom stereocenters. The van der Waals surface area contributed by atoms with E-state index in [1.54, 1.807) is 0 Å². The van der Waals surface area contributed by atoms with E-state index in [0.29, 0.717) is 6.04 Å². The molecular weight excluding hydrogens is 230 g/mol. The largest absolute Gasteiger partial charge is 0.317 e. The molecule has 0 aromatic heterocycles. The van der Waals surface area contributed by atoms with Gasteiger partial charge in [0.15, 0.2) is 0 Å². The van der Waals surface area contributed by atoms with Crippen molar-refractivity contribution in [1.82, 2.24) is 5.32 Å². The number of hydrogen-bond donors (Lipinski definition) is 1. The molecule has 0 aliphatic rings. The van der Waals surface area contributed by atoms with Crippen molar-refractivity contribution in [2.24, 2.45) is 0 Å². The van der Waals surface area contributed by atoms with Crippen LogP contribution in [0.5, 0.6) is 0 Å². The van der Waals surface area contributed by atoms with Gasteiger partial charge in [-0.2, -0.15) is 0 Å². The Morgan fingerprint density at radius 2 is 1.74 bits per heavy atom. The molecule has 0 fully saturated rings. The fourth-order valence-corrected chi connectivity index (χ4v) is 2.65. The molecule has 19 heavy (non-hydrogen) atoms. The number of rotatable bonds is 10. The van der Waals surface area contributed by atoms with E-state index in [9.17, 15) is 0 Å². The molecule has 0 saturated carbocycles. The summed E-state index contributed by atoms with van der Waals surface area (Å²) in [5.74, 6) is 0. The number of hydrogen-bond acceptors (Lipinski definition) is 1. The van der Waals surface area contributed by atoms with E-state index in [1.165, 1.54) is 62.5 Å². The van der Waals surface area contributed by atoms with Crippen LogP contribution in [0.4, 0.5) is 0 Å². The molecule has 1 aromatic rings. The Hall–Kier alpha value is -0.820. The molecular formula is C18H31N. The fourth-order valence-electron chi connectivity index (χ4n) is 2.65. The van der Waals surface area contributed by atoms with E-state index >= 15 is 0 Å². The van der Waals surface area contributed by atoms with Crippen LogP contribution in [0.1, 0.15) is 63.0 Å². The second-order valence-electron chi connectivity index (χ2n) is 5.65. The maximum atomic E-state index is 3.48. The van der Waals surface area contributed by atoms with Crippen LogP contribution in [0.3, 0.4) is 0 Å². The van der Waals surface area contributed by atoms with E-state index in [4.69, 9.17) is 0 Å². The van der Waals surface area contributed by atoms with Crippen LogP contribution < -0.4 is 5.32 Å². The predicted octanol–water partition coefficient (Wildman–Crippen LogP) is 4.88. The molecule has 1 heteroatoms. The average molecular weight is 261 g/mol. The monoisotopic (exact) mass is 261 g/mol. The molecule has 1 rings (SSSR count). The van der Waals surface area contributed by atoms with Crippen LogP contribution >= 0.6 is 0 Å². The highest BCUT2D eigenvalue weighted by atomic mass is 14.9. The van der Waals surface area contributed by atoms with Crippen molar-refractivity contribution in [3.63, 3.8) is 0 Å². The minimum Gasteiger partial charge on any atom is -0.317 e. The quantitative estimate of drug-likeness (QED) is 0.592. The van der Waals surface area contributed by atoms with Crippen LogP contribution in [0.2, 0.25) is 0 Å². The normalized spacial score (nSPS) is 12.6. The average Bonchev–Trinajstić information content (AvgIpc) is 2.43. The maximum Gasteiger partial charge on any atom is 0.00672 e. The summed E-state index contributed by atoms with van der Waals surface area (Å²) in [4.78, 5) is 0. The molecule has 0 aliphatic carbocycles. The molecule has 0 heterocycles. The highest BCUT2D eigenvalue weighted by molar-refractivity contribution is 5.25. The summed E-state index contributed by atoms with van der Waals surface area (Å²) in [6.07, 6.45) is 10.7. The van der Waals surface area contributed by atoms with Crippen molar-refractivity contribution in [3.8, 4) is 0 Å². The van der Waals surface area contributed by atoms with Crippen LogP contribution in [0.25, 0.3) is 0 Å². The smallest absolute Gasteiger partial charge is 0.00672 e. The van der Waals surface area contributed by atoms with E-state index < -0.39 is 0 Å². The van der Waals surface area contributed by atoms with Gasteiger partial charge in [-0.25, -0.2) is 0 Å². The van der Waals surface area contributed by atoms with Crippen molar-refractivity contribution in [1.29, 1.82) is 0 Å². The first-order valence-corrected chi connectivity index (χ1v) is 7.99. The van der Waals surface area contributed by atoms with Gasteiger partial charge in [0.2, 0.25) is 0 Å². The summed E-state index contributed by atoms with van der Waals surface area (Å²) in [6.45, 7) is 4.49. The maximum absolute atomic E-state index is 3.48. The Kier molecular flexibility index (Phi) is 8.57. The summed E-state index contributed by atoms with van der Waals surface area (Å²) in [5.41, 5.74) is 2.94. The molecule has 0 radical (unpaired) electrons. The highest BCUT2D eigenvalue weighted by Crippen LogP contribution is 2.14. The molecule has 0 bridgehead atoms. The number of nitrogens with one attached hydrogen (secondary N) is 1. The highest BCUT2D eigenvalue weighted by Gasteiger charge is 2.07.